The highest BCUT2D eigenvalue weighted by Gasteiger charge is 2.06. The molecule has 1 aromatic carbocycles. The fraction of sp³-hybridized carbons (Fsp3) is 0.158. The number of nitrogens with zero attached hydrogens (tertiary/aromatic N) is 2. The van der Waals surface area contributed by atoms with Crippen LogP contribution in [-0.2, 0) is 13.5 Å². The monoisotopic (exact) mass is 418 g/mol. The minimum atomic E-state index is 0. The van der Waals surface area contributed by atoms with Gasteiger partial charge in [0.05, 0.1) is 0 Å². The lowest BCUT2D eigenvalue weighted by Crippen LogP contribution is -3.00. The first kappa shape index (κ1) is 17.4. The van der Waals surface area contributed by atoms with Crippen molar-refractivity contribution in [3.8, 4) is 5.75 Å². The molecule has 0 fully saturated rings. The molecule has 4 heteroatoms. The number of phenols is 1. The number of phenolic OH excluding ortho intramolecular Hbond substituents is 1. The largest absolute Gasteiger partial charge is 1.00 e. The van der Waals surface area contributed by atoms with Gasteiger partial charge in [-0.1, -0.05) is 19.1 Å². The number of fused-ring (bicyclic) bond motifs is 1. The first-order chi connectivity index (χ1) is 10.7. The van der Waals surface area contributed by atoms with E-state index in [-0.39, 0.29) is 29.7 Å². The quantitative estimate of drug-likeness (QED) is 0.497. The predicted octanol–water partition coefficient (Wildman–Crippen LogP) is 0.502. The topological polar surface area (TPSA) is 37.0 Å². The molecule has 0 aliphatic heterocycles. The van der Waals surface area contributed by atoms with Crippen LogP contribution in [0.25, 0.3) is 23.1 Å². The van der Waals surface area contributed by atoms with E-state index in [9.17, 15) is 5.11 Å². The van der Waals surface area contributed by atoms with Gasteiger partial charge in [-0.05, 0) is 36.3 Å². The summed E-state index contributed by atoms with van der Waals surface area (Å²) in [5.74, 6) is 0.214. The van der Waals surface area contributed by atoms with Crippen LogP contribution in [0.15, 0.2) is 48.8 Å². The maximum absolute atomic E-state index is 9.89. The number of hydrogen-bond donors (Lipinski definition) is 1. The van der Waals surface area contributed by atoms with Crippen molar-refractivity contribution in [3.05, 3.63) is 65.6 Å². The van der Waals surface area contributed by atoms with Crippen LogP contribution in [0.2, 0.25) is 0 Å². The SMILES string of the molecule is CCc1ccc(C=Cc2ccc(O)c3ncccc23)[n+](C)c1.[I-]. The molecule has 2 aromatic heterocycles. The van der Waals surface area contributed by atoms with Gasteiger partial charge in [0.2, 0.25) is 5.69 Å². The summed E-state index contributed by atoms with van der Waals surface area (Å²) in [6.45, 7) is 2.15. The number of hydrogen-bond acceptors (Lipinski definition) is 2. The number of rotatable bonds is 3. The minimum Gasteiger partial charge on any atom is -1.00 e. The average molecular weight is 418 g/mol. The average Bonchev–Trinajstić information content (AvgIpc) is 2.55. The highest BCUT2D eigenvalue weighted by atomic mass is 127. The van der Waals surface area contributed by atoms with Gasteiger partial charge in [0.25, 0.3) is 0 Å². The third-order valence-electron chi connectivity index (χ3n) is 3.86. The van der Waals surface area contributed by atoms with Crippen LogP contribution < -0.4 is 28.5 Å². The van der Waals surface area contributed by atoms with Crippen LogP contribution in [0.3, 0.4) is 0 Å². The Bertz CT molecular complexity index is 859. The third kappa shape index (κ3) is 3.69. The molecule has 0 saturated carbocycles. The highest BCUT2D eigenvalue weighted by molar-refractivity contribution is 5.93. The van der Waals surface area contributed by atoms with Crippen molar-refractivity contribution < 1.29 is 33.7 Å². The maximum Gasteiger partial charge on any atom is 0.204 e. The van der Waals surface area contributed by atoms with E-state index < -0.39 is 0 Å². The summed E-state index contributed by atoms with van der Waals surface area (Å²) in [4.78, 5) is 4.25. The second-order valence-corrected chi connectivity index (χ2v) is 5.33. The second kappa shape index (κ2) is 7.55. The lowest BCUT2D eigenvalue weighted by molar-refractivity contribution is -0.673. The molecule has 0 radical (unpaired) electrons. The Morgan fingerprint density at radius 3 is 2.70 bits per heavy atom. The molecule has 0 aliphatic carbocycles. The summed E-state index contributed by atoms with van der Waals surface area (Å²) in [7, 11) is 2.05. The van der Waals surface area contributed by atoms with Crippen LogP contribution in [0, 0.1) is 0 Å². The van der Waals surface area contributed by atoms with Gasteiger partial charge >= 0.3 is 0 Å². The molecule has 0 aliphatic rings. The standard InChI is InChI=1S/C19H18N2O.HI/c1-3-14-6-9-16(21(2)13-14)10-7-15-8-11-18(22)19-17(15)5-4-12-20-19;/h4-13H,3H2,1-2H3;1H. The number of aromatic hydroxyl groups is 1. The first-order valence-electron chi connectivity index (χ1n) is 7.42. The van der Waals surface area contributed by atoms with E-state index >= 15 is 0 Å². The van der Waals surface area contributed by atoms with Crippen molar-refractivity contribution >= 4 is 23.1 Å². The van der Waals surface area contributed by atoms with Gasteiger partial charge in [-0.25, -0.2) is 4.57 Å². The molecule has 118 valence electrons. The van der Waals surface area contributed by atoms with Gasteiger partial charge in [0, 0.05) is 29.3 Å². The molecule has 0 amide bonds. The number of halogens is 1. The van der Waals surface area contributed by atoms with E-state index in [2.05, 4.69) is 54.0 Å². The zero-order valence-electron chi connectivity index (χ0n) is 13.2. The first-order valence-corrected chi connectivity index (χ1v) is 7.42. The van der Waals surface area contributed by atoms with E-state index in [1.54, 1.807) is 12.3 Å². The van der Waals surface area contributed by atoms with Crippen LogP contribution in [0.5, 0.6) is 5.75 Å². The van der Waals surface area contributed by atoms with Crippen molar-refractivity contribution in [2.24, 2.45) is 7.05 Å². The summed E-state index contributed by atoms with van der Waals surface area (Å²) in [5.41, 5.74) is 4.12. The Balaban J connectivity index is 0.00000192. The summed E-state index contributed by atoms with van der Waals surface area (Å²) in [5, 5.41) is 10.8. The Morgan fingerprint density at radius 2 is 1.96 bits per heavy atom. The number of aromatic nitrogens is 2. The summed E-state index contributed by atoms with van der Waals surface area (Å²) in [6.07, 6.45) is 9.02. The molecule has 0 spiro atoms. The Kier molecular flexibility index (Phi) is 5.71. The molecule has 0 bridgehead atoms. The van der Waals surface area contributed by atoms with Crippen molar-refractivity contribution in [2.75, 3.05) is 0 Å². The lowest BCUT2D eigenvalue weighted by atomic mass is 10.1. The van der Waals surface area contributed by atoms with Gasteiger partial charge in [-0.3, -0.25) is 4.98 Å². The molecule has 1 N–H and O–H groups in total. The fourth-order valence-corrected chi connectivity index (χ4v) is 2.56. The molecule has 0 saturated heterocycles. The Labute approximate surface area is 153 Å². The zero-order valence-corrected chi connectivity index (χ0v) is 15.4. The predicted molar refractivity (Wildman–Crippen MR) is 89.3 cm³/mol. The molecular weight excluding hydrogens is 399 g/mol. The summed E-state index contributed by atoms with van der Waals surface area (Å²) in [6, 6.07) is 11.7. The lowest BCUT2D eigenvalue weighted by Gasteiger charge is -2.03. The van der Waals surface area contributed by atoms with Crippen LogP contribution >= 0.6 is 0 Å². The smallest absolute Gasteiger partial charge is 0.204 e. The molecule has 3 aromatic rings. The maximum atomic E-state index is 9.89. The fourth-order valence-electron chi connectivity index (χ4n) is 2.56. The van der Waals surface area contributed by atoms with Crippen LogP contribution in [0.1, 0.15) is 23.7 Å². The molecule has 3 nitrogen and oxygen atoms in total. The van der Waals surface area contributed by atoms with Crippen molar-refractivity contribution in [3.63, 3.8) is 0 Å². The molecule has 2 heterocycles. The Hall–Kier alpha value is -1.95. The molecule has 0 unspecified atom stereocenters. The summed E-state index contributed by atoms with van der Waals surface area (Å²) < 4.78 is 2.12. The number of pyridine rings is 2. The van der Waals surface area contributed by atoms with E-state index in [1.165, 1.54) is 5.56 Å². The molecule has 23 heavy (non-hydrogen) atoms. The Morgan fingerprint density at radius 1 is 1.13 bits per heavy atom. The number of aryl methyl sites for hydroxylation is 2. The number of benzene rings is 1. The summed E-state index contributed by atoms with van der Waals surface area (Å²) >= 11 is 0. The molecular formula is C19H19IN2O. The minimum absolute atomic E-state index is 0. The van der Waals surface area contributed by atoms with Crippen molar-refractivity contribution in [1.29, 1.82) is 0 Å². The normalized spacial score (nSPS) is 10.9. The van der Waals surface area contributed by atoms with Crippen LogP contribution in [0.4, 0.5) is 0 Å². The van der Waals surface area contributed by atoms with E-state index in [1.807, 2.05) is 18.2 Å². The van der Waals surface area contributed by atoms with Gasteiger partial charge in [-0.15, -0.1) is 0 Å². The second-order valence-electron chi connectivity index (χ2n) is 5.33. The molecule has 0 atom stereocenters. The van der Waals surface area contributed by atoms with Crippen molar-refractivity contribution in [2.45, 2.75) is 13.3 Å². The van der Waals surface area contributed by atoms with Gasteiger partial charge in [0.1, 0.15) is 18.3 Å². The van der Waals surface area contributed by atoms with E-state index in [0.717, 1.165) is 23.1 Å². The van der Waals surface area contributed by atoms with E-state index in [4.69, 9.17) is 0 Å². The van der Waals surface area contributed by atoms with Crippen molar-refractivity contribution in [1.82, 2.24) is 4.98 Å². The van der Waals surface area contributed by atoms with Gasteiger partial charge < -0.3 is 29.1 Å². The van der Waals surface area contributed by atoms with Gasteiger partial charge in [0.15, 0.2) is 6.20 Å². The highest BCUT2D eigenvalue weighted by Crippen LogP contribution is 2.26. The van der Waals surface area contributed by atoms with Crippen LogP contribution in [-0.4, -0.2) is 10.1 Å². The zero-order chi connectivity index (χ0) is 15.5. The van der Waals surface area contributed by atoms with Gasteiger partial charge in [-0.2, -0.15) is 0 Å². The molecule has 3 rings (SSSR count). The third-order valence-corrected chi connectivity index (χ3v) is 3.86. The van der Waals surface area contributed by atoms with E-state index in [0.29, 0.717) is 5.52 Å².